The van der Waals surface area contributed by atoms with Crippen LogP contribution in [-0.4, -0.2) is 17.8 Å². The Balaban J connectivity index is 2.87. The zero-order valence-electron chi connectivity index (χ0n) is 10.3. The highest BCUT2D eigenvalue weighted by atomic mass is 16.3. The van der Waals surface area contributed by atoms with E-state index in [-0.39, 0.29) is 18.1 Å². The Morgan fingerprint density at radius 3 is 2.00 bits per heavy atom. The molecule has 0 amide bonds. The van der Waals surface area contributed by atoms with Crippen molar-refractivity contribution in [3.8, 4) is 0 Å². The van der Waals surface area contributed by atoms with Crippen molar-refractivity contribution in [1.82, 2.24) is 0 Å². The highest BCUT2D eigenvalue weighted by molar-refractivity contribution is 5.29. The quantitative estimate of drug-likeness (QED) is 0.722. The second-order valence-electron chi connectivity index (χ2n) is 5.24. The van der Waals surface area contributed by atoms with Crippen molar-refractivity contribution in [3.63, 3.8) is 0 Å². The van der Waals surface area contributed by atoms with Crippen LogP contribution in [0.25, 0.3) is 0 Å². The standard InChI is InChI=1S/C13H22N2O/c1-13(2,3)10-6-4-9(5-7-10)12(15)11(14)8-16/h4-7,11-12,16H,8,14-15H2,1-3H3. The van der Waals surface area contributed by atoms with Gasteiger partial charge in [-0.25, -0.2) is 0 Å². The number of rotatable bonds is 3. The minimum absolute atomic E-state index is 0.0951. The molecule has 0 heterocycles. The van der Waals surface area contributed by atoms with Crippen LogP contribution < -0.4 is 11.5 Å². The van der Waals surface area contributed by atoms with Crippen LogP contribution in [0.3, 0.4) is 0 Å². The molecule has 3 nitrogen and oxygen atoms in total. The minimum Gasteiger partial charge on any atom is -0.395 e. The van der Waals surface area contributed by atoms with Crippen molar-refractivity contribution in [3.05, 3.63) is 35.4 Å². The summed E-state index contributed by atoms with van der Waals surface area (Å²) in [6.07, 6.45) is 0. The van der Waals surface area contributed by atoms with Gasteiger partial charge >= 0.3 is 0 Å². The molecule has 2 unspecified atom stereocenters. The number of hydrogen-bond acceptors (Lipinski definition) is 3. The molecule has 0 aromatic heterocycles. The molecule has 0 aliphatic rings. The van der Waals surface area contributed by atoms with Gasteiger partial charge in [0.25, 0.3) is 0 Å². The van der Waals surface area contributed by atoms with E-state index in [4.69, 9.17) is 16.6 Å². The molecule has 1 aromatic rings. The van der Waals surface area contributed by atoms with Crippen molar-refractivity contribution in [1.29, 1.82) is 0 Å². The Hall–Kier alpha value is -0.900. The average molecular weight is 222 g/mol. The molecule has 1 aromatic carbocycles. The fraction of sp³-hybridized carbons (Fsp3) is 0.538. The highest BCUT2D eigenvalue weighted by Gasteiger charge is 2.17. The smallest absolute Gasteiger partial charge is 0.0601 e. The first kappa shape index (κ1) is 13.2. The number of hydrogen-bond donors (Lipinski definition) is 3. The van der Waals surface area contributed by atoms with Crippen molar-refractivity contribution in [2.75, 3.05) is 6.61 Å². The third-order valence-corrected chi connectivity index (χ3v) is 2.83. The zero-order valence-corrected chi connectivity index (χ0v) is 10.3. The van der Waals surface area contributed by atoms with Gasteiger partial charge in [-0.2, -0.15) is 0 Å². The molecule has 0 spiro atoms. The molecule has 0 aliphatic heterocycles. The van der Waals surface area contributed by atoms with Crippen molar-refractivity contribution < 1.29 is 5.11 Å². The third-order valence-electron chi connectivity index (χ3n) is 2.83. The summed E-state index contributed by atoms with van der Waals surface area (Å²) in [5.74, 6) is 0. The third kappa shape index (κ3) is 3.04. The van der Waals surface area contributed by atoms with Crippen LogP contribution >= 0.6 is 0 Å². The van der Waals surface area contributed by atoms with Gasteiger partial charge in [0.1, 0.15) is 0 Å². The predicted octanol–water partition coefficient (Wildman–Crippen LogP) is 1.30. The lowest BCUT2D eigenvalue weighted by molar-refractivity contribution is 0.250. The number of nitrogens with two attached hydrogens (primary N) is 2. The molecule has 2 atom stereocenters. The molecule has 16 heavy (non-hydrogen) atoms. The van der Waals surface area contributed by atoms with E-state index in [0.717, 1.165) is 5.56 Å². The highest BCUT2D eigenvalue weighted by Crippen LogP contribution is 2.23. The van der Waals surface area contributed by atoms with Crippen molar-refractivity contribution in [2.45, 2.75) is 38.3 Å². The first-order chi connectivity index (χ1) is 7.36. The maximum atomic E-state index is 8.95. The fourth-order valence-corrected chi connectivity index (χ4v) is 1.57. The Morgan fingerprint density at radius 2 is 1.62 bits per heavy atom. The van der Waals surface area contributed by atoms with Crippen LogP contribution in [0.1, 0.15) is 37.9 Å². The molecule has 90 valence electrons. The maximum absolute atomic E-state index is 8.95. The van der Waals surface area contributed by atoms with Gasteiger partial charge in [0.15, 0.2) is 0 Å². The minimum atomic E-state index is -0.402. The lowest BCUT2D eigenvalue weighted by Crippen LogP contribution is -2.37. The number of aliphatic hydroxyl groups is 1. The molecule has 0 radical (unpaired) electrons. The van der Waals surface area contributed by atoms with E-state index in [0.29, 0.717) is 0 Å². The van der Waals surface area contributed by atoms with Gasteiger partial charge in [-0.3, -0.25) is 0 Å². The molecule has 0 aliphatic carbocycles. The monoisotopic (exact) mass is 222 g/mol. The summed E-state index contributed by atoms with van der Waals surface area (Å²) < 4.78 is 0. The maximum Gasteiger partial charge on any atom is 0.0601 e. The molecular formula is C13H22N2O. The SMILES string of the molecule is CC(C)(C)c1ccc(C(N)C(N)CO)cc1. The van der Waals surface area contributed by atoms with Gasteiger partial charge in [0, 0.05) is 12.1 Å². The predicted molar refractivity (Wildman–Crippen MR) is 67.1 cm³/mol. The van der Waals surface area contributed by atoms with Gasteiger partial charge in [-0.15, -0.1) is 0 Å². The second-order valence-corrected chi connectivity index (χ2v) is 5.24. The van der Waals surface area contributed by atoms with E-state index in [1.807, 2.05) is 12.1 Å². The first-order valence-corrected chi connectivity index (χ1v) is 5.58. The Kier molecular flexibility index (Phi) is 4.08. The van der Waals surface area contributed by atoms with Gasteiger partial charge in [-0.05, 0) is 16.5 Å². The summed E-state index contributed by atoms with van der Waals surface area (Å²) in [6.45, 7) is 6.41. The summed E-state index contributed by atoms with van der Waals surface area (Å²) in [6, 6.07) is 7.40. The summed E-state index contributed by atoms with van der Waals surface area (Å²) in [5, 5.41) is 8.95. The molecular weight excluding hydrogens is 200 g/mol. The summed E-state index contributed by atoms with van der Waals surface area (Å²) in [7, 11) is 0. The van der Waals surface area contributed by atoms with Crippen LogP contribution in [0.15, 0.2) is 24.3 Å². The summed E-state index contributed by atoms with van der Waals surface area (Å²) in [4.78, 5) is 0. The van der Waals surface area contributed by atoms with E-state index in [1.54, 1.807) is 0 Å². The van der Waals surface area contributed by atoms with E-state index in [1.165, 1.54) is 5.56 Å². The molecule has 0 saturated heterocycles. The van der Waals surface area contributed by atoms with Gasteiger partial charge in [-0.1, -0.05) is 45.0 Å². The average Bonchev–Trinajstić information content (AvgIpc) is 2.26. The Bertz CT molecular complexity index is 327. The molecule has 0 saturated carbocycles. The van der Waals surface area contributed by atoms with Crippen LogP contribution in [0.5, 0.6) is 0 Å². The Labute approximate surface area is 97.5 Å². The largest absolute Gasteiger partial charge is 0.395 e. The van der Waals surface area contributed by atoms with Gasteiger partial charge in [0.05, 0.1) is 6.61 Å². The van der Waals surface area contributed by atoms with Crippen LogP contribution in [0, 0.1) is 0 Å². The molecule has 1 rings (SSSR count). The lowest BCUT2D eigenvalue weighted by Gasteiger charge is -2.22. The first-order valence-electron chi connectivity index (χ1n) is 5.58. The summed E-state index contributed by atoms with van der Waals surface area (Å²) >= 11 is 0. The number of benzene rings is 1. The molecule has 3 heteroatoms. The van der Waals surface area contributed by atoms with Crippen molar-refractivity contribution >= 4 is 0 Å². The fourth-order valence-electron chi connectivity index (χ4n) is 1.57. The topological polar surface area (TPSA) is 72.3 Å². The Morgan fingerprint density at radius 1 is 1.12 bits per heavy atom. The van der Waals surface area contributed by atoms with Gasteiger partial charge in [0.2, 0.25) is 0 Å². The van der Waals surface area contributed by atoms with Crippen LogP contribution in [0.4, 0.5) is 0 Å². The molecule has 0 fully saturated rings. The number of aliphatic hydroxyl groups excluding tert-OH is 1. The normalized spacial score (nSPS) is 15.9. The van der Waals surface area contributed by atoms with E-state index in [9.17, 15) is 0 Å². The van der Waals surface area contributed by atoms with Gasteiger partial charge < -0.3 is 16.6 Å². The van der Waals surface area contributed by atoms with Crippen LogP contribution in [-0.2, 0) is 5.41 Å². The van der Waals surface area contributed by atoms with E-state index >= 15 is 0 Å². The second kappa shape index (κ2) is 4.95. The molecule has 0 bridgehead atoms. The van der Waals surface area contributed by atoms with E-state index in [2.05, 4.69) is 32.9 Å². The van der Waals surface area contributed by atoms with Crippen LogP contribution in [0.2, 0.25) is 0 Å². The lowest BCUT2D eigenvalue weighted by atomic mass is 9.86. The zero-order chi connectivity index (χ0) is 12.3. The van der Waals surface area contributed by atoms with Crippen molar-refractivity contribution in [2.24, 2.45) is 11.5 Å². The molecule has 5 N–H and O–H groups in total. The van der Waals surface area contributed by atoms with E-state index < -0.39 is 6.04 Å². The summed E-state index contributed by atoms with van der Waals surface area (Å²) in [5.41, 5.74) is 14.0.